The second-order valence-electron chi connectivity index (χ2n) is 9.10. The first-order valence-corrected chi connectivity index (χ1v) is 12.0. The molecule has 0 spiro atoms. The standard InChI is InChI=1S/C26H31Cl2NO4/c1-5-22(16(2)30)29-24(17-9-11-19(27)12-10-17)21(18-7-6-8-20(28)13-18)14-26(3,25(29)32)15-23(31)33-4/h6-13,16,21-22,24,30H,5,14-15H2,1-4H3/t16-,21+,22-,24+,26-/m0/s1. The van der Waals surface area contributed by atoms with Gasteiger partial charge in [0.1, 0.15) is 0 Å². The Balaban J connectivity index is 2.24. The number of esters is 1. The summed E-state index contributed by atoms with van der Waals surface area (Å²) in [6.07, 6.45) is 0.194. The maximum absolute atomic E-state index is 14.1. The van der Waals surface area contributed by atoms with Crippen molar-refractivity contribution in [1.82, 2.24) is 4.90 Å². The van der Waals surface area contributed by atoms with Crippen LogP contribution in [-0.4, -0.2) is 41.1 Å². The maximum Gasteiger partial charge on any atom is 0.306 e. The number of halogens is 2. The molecule has 0 saturated carbocycles. The first kappa shape index (κ1) is 25.5. The Morgan fingerprint density at radius 1 is 1.18 bits per heavy atom. The Bertz CT molecular complexity index is 994. The molecule has 0 bridgehead atoms. The van der Waals surface area contributed by atoms with E-state index in [2.05, 4.69) is 0 Å². The number of rotatable bonds is 7. The number of aliphatic hydroxyl groups excluding tert-OH is 1. The van der Waals surface area contributed by atoms with E-state index in [1.807, 2.05) is 50.2 Å². The lowest BCUT2D eigenvalue weighted by Gasteiger charge is -2.52. The molecular weight excluding hydrogens is 461 g/mol. The van der Waals surface area contributed by atoms with Crippen LogP contribution in [-0.2, 0) is 14.3 Å². The van der Waals surface area contributed by atoms with E-state index in [1.54, 1.807) is 24.0 Å². The lowest BCUT2D eigenvalue weighted by atomic mass is 9.67. The van der Waals surface area contributed by atoms with Gasteiger partial charge in [0.2, 0.25) is 5.91 Å². The number of carbonyl (C=O) groups excluding carboxylic acids is 2. The van der Waals surface area contributed by atoms with Crippen LogP contribution in [0.1, 0.15) is 63.1 Å². The number of piperidine rings is 1. The normalized spacial score (nSPS) is 24.9. The van der Waals surface area contributed by atoms with E-state index in [1.165, 1.54) is 7.11 Å². The van der Waals surface area contributed by atoms with Crippen LogP contribution in [0.4, 0.5) is 0 Å². The lowest BCUT2D eigenvalue weighted by Crippen LogP contribution is -2.58. The highest BCUT2D eigenvalue weighted by molar-refractivity contribution is 6.30. The van der Waals surface area contributed by atoms with Crippen molar-refractivity contribution in [3.8, 4) is 0 Å². The molecule has 1 heterocycles. The Hall–Kier alpha value is -2.08. The predicted octanol–water partition coefficient (Wildman–Crippen LogP) is 5.78. The van der Waals surface area contributed by atoms with Gasteiger partial charge in [-0.25, -0.2) is 0 Å². The number of nitrogens with zero attached hydrogens (tertiary/aromatic N) is 1. The van der Waals surface area contributed by atoms with Crippen LogP contribution in [0.3, 0.4) is 0 Å². The fourth-order valence-electron chi connectivity index (χ4n) is 5.07. The molecular formula is C26H31Cl2NO4. The van der Waals surface area contributed by atoms with Crippen LogP contribution in [0.25, 0.3) is 0 Å². The van der Waals surface area contributed by atoms with E-state index in [4.69, 9.17) is 27.9 Å². The maximum atomic E-state index is 14.1. The molecule has 1 amide bonds. The third-order valence-corrected chi connectivity index (χ3v) is 7.17. The highest BCUT2D eigenvalue weighted by atomic mass is 35.5. The molecule has 1 aliphatic rings. The topological polar surface area (TPSA) is 66.8 Å². The Morgan fingerprint density at radius 3 is 2.39 bits per heavy atom. The van der Waals surface area contributed by atoms with Crippen molar-refractivity contribution in [1.29, 1.82) is 0 Å². The van der Waals surface area contributed by atoms with Gasteiger partial charge < -0.3 is 14.7 Å². The number of benzene rings is 2. The highest BCUT2D eigenvalue weighted by Crippen LogP contribution is 2.52. The van der Waals surface area contributed by atoms with Crippen molar-refractivity contribution in [2.45, 2.75) is 64.1 Å². The lowest BCUT2D eigenvalue weighted by molar-refractivity contribution is -0.164. The van der Waals surface area contributed by atoms with Gasteiger partial charge in [0, 0.05) is 16.0 Å². The van der Waals surface area contributed by atoms with Crippen molar-refractivity contribution in [3.05, 3.63) is 69.7 Å². The first-order valence-electron chi connectivity index (χ1n) is 11.2. The average Bonchev–Trinajstić information content (AvgIpc) is 2.77. The van der Waals surface area contributed by atoms with E-state index in [0.717, 1.165) is 11.1 Å². The fourth-order valence-corrected chi connectivity index (χ4v) is 5.40. The van der Waals surface area contributed by atoms with E-state index in [9.17, 15) is 14.7 Å². The number of hydrogen-bond donors (Lipinski definition) is 1. The molecule has 1 fully saturated rings. The van der Waals surface area contributed by atoms with Crippen LogP contribution in [0, 0.1) is 5.41 Å². The fraction of sp³-hybridized carbons (Fsp3) is 0.462. The number of aliphatic hydroxyl groups is 1. The van der Waals surface area contributed by atoms with E-state index in [0.29, 0.717) is 22.9 Å². The summed E-state index contributed by atoms with van der Waals surface area (Å²) in [7, 11) is 1.33. The smallest absolute Gasteiger partial charge is 0.306 e. The summed E-state index contributed by atoms with van der Waals surface area (Å²) in [6.45, 7) is 5.45. The van der Waals surface area contributed by atoms with Gasteiger partial charge in [0.05, 0.1) is 37.1 Å². The van der Waals surface area contributed by atoms with E-state index < -0.39 is 23.5 Å². The highest BCUT2D eigenvalue weighted by Gasteiger charge is 2.52. The Kier molecular flexibility index (Phi) is 8.09. The molecule has 2 aromatic rings. The van der Waals surface area contributed by atoms with Gasteiger partial charge in [-0.05, 0) is 55.2 Å². The molecule has 5 nitrogen and oxygen atoms in total. The SMILES string of the molecule is CC[C@@H]([C@H](C)O)N1C(=O)[C@](C)(CC(=O)OC)C[C@H](c2cccc(Cl)c2)[C@H]1c1ccc(Cl)cc1. The molecule has 178 valence electrons. The van der Waals surface area contributed by atoms with E-state index >= 15 is 0 Å². The second-order valence-corrected chi connectivity index (χ2v) is 9.98. The molecule has 0 radical (unpaired) electrons. The Morgan fingerprint density at radius 2 is 1.85 bits per heavy atom. The van der Waals surface area contributed by atoms with Gasteiger partial charge in [0.15, 0.2) is 0 Å². The van der Waals surface area contributed by atoms with Crippen molar-refractivity contribution in [2.75, 3.05) is 7.11 Å². The monoisotopic (exact) mass is 491 g/mol. The zero-order valence-corrected chi connectivity index (χ0v) is 20.9. The number of carbonyl (C=O) groups is 2. The number of methoxy groups -OCH3 is 1. The van der Waals surface area contributed by atoms with Crippen LogP contribution in [0.15, 0.2) is 48.5 Å². The Labute approximate surface area is 205 Å². The number of amides is 1. The van der Waals surface area contributed by atoms with Crippen LogP contribution in [0.2, 0.25) is 10.0 Å². The molecule has 0 unspecified atom stereocenters. The zero-order chi connectivity index (χ0) is 24.3. The van der Waals surface area contributed by atoms with Gasteiger partial charge >= 0.3 is 5.97 Å². The van der Waals surface area contributed by atoms with Gasteiger partial charge in [-0.3, -0.25) is 9.59 Å². The summed E-state index contributed by atoms with van der Waals surface area (Å²) in [5.41, 5.74) is 0.888. The number of ether oxygens (including phenoxy) is 1. The third kappa shape index (κ3) is 5.37. The minimum atomic E-state index is -0.995. The largest absolute Gasteiger partial charge is 0.469 e. The molecule has 1 saturated heterocycles. The molecule has 5 atom stereocenters. The van der Waals surface area contributed by atoms with Crippen molar-refractivity contribution < 1.29 is 19.4 Å². The van der Waals surface area contributed by atoms with Crippen molar-refractivity contribution >= 4 is 35.1 Å². The summed E-state index contributed by atoms with van der Waals surface area (Å²) in [5, 5.41) is 11.9. The van der Waals surface area contributed by atoms with Gasteiger partial charge in [-0.2, -0.15) is 0 Å². The van der Waals surface area contributed by atoms with E-state index in [-0.39, 0.29) is 24.3 Å². The molecule has 1 N–H and O–H groups in total. The molecule has 0 aliphatic carbocycles. The minimum absolute atomic E-state index is 0.0422. The molecule has 7 heteroatoms. The van der Waals surface area contributed by atoms with Gasteiger partial charge in [0.25, 0.3) is 0 Å². The number of hydrogen-bond acceptors (Lipinski definition) is 4. The minimum Gasteiger partial charge on any atom is -0.469 e. The molecule has 0 aromatic heterocycles. The quantitative estimate of drug-likeness (QED) is 0.498. The third-order valence-electron chi connectivity index (χ3n) is 6.69. The van der Waals surface area contributed by atoms with Crippen LogP contribution >= 0.6 is 23.2 Å². The van der Waals surface area contributed by atoms with Crippen LogP contribution in [0.5, 0.6) is 0 Å². The molecule has 2 aromatic carbocycles. The van der Waals surface area contributed by atoms with Crippen molar-refractivity contribution in [2.24, 2.45) is 5.41 Å². The van der Waals surface area contributed by atoms with Gasteiger partial charge in [-0.1, -0.05) is 61.3 Å². The molecule has 33 heavy (non-hydrogen) atoms. The summed E-state index contributed by atoms with van der Waals surface area (Å²) in [4.78, 5) is 28.2. The first-order chi connectivity index (χ1) is 15.6. The van der Waals surface area contributed by atoms with Gasteiger partial charge in [-0.15, -0.1) is 0 Å². The second kappa shape index (κ2) is 10.5. The summed E-state index contributed by atoms with van der Waals surface area (Å²) < 4.78 is 4.93. The predicted molar refractivity (Wildman–Crippen MR) is 130 cm³/mol. The molecule has 3 rings (SSSR count). The summed E-state index contributed by atoms with van der Waals surface area (Å²) in [6, 6.07) is 14.3. The zero-order valence-electron chi connectivity index (χ0n) is 19.4. The average molecular weight is 492 g/mol. The number of likely N-dealkylation sites (tertiary alicyclic amines) is 1. The summed E-state index contributed by atoms with van der Waals surface area (Å²) >= 11 is 12.5. The summed E-state index contributed by atoms with van der Waals surface area (Å²) in [5.74, 6) is -0.769. The van der Waals surface area contributed by atoms with Crippen LogP contribution < -0.4 is 0 Å². The van der Waals surface area contributed by atoms with Crippen molar-refractivity contribution in [3.63, 3.8) is 0 Å². The molecule has 1 aliphatic heterocycles.